The molecule has 0 aromatic heterocycles. The van der Waals surface area contributed by atoms with Gasteiger partial charge in [-0.2, -0.15) is 0 Å². The van der Waals surface area contributed by atoms with Gasteiger partial charge in [0.2, 0.25) is 5.91 Å². The van der Waals surface area contributed by atoms with Crippen molar-refractivity contribution < 1.29 is 19.1 Å². The van der Waals surface area contributed by atoms with Crippen LogP contribution in [0.5, 0.6) is 0 Å². The van der Waals surface area contributed by atoms with Crippen molar-refractivity contribution in [1.82, 2.24) is 4.90 Å². The zero-order valence-electron chi connectivity index (χ0n) is 13.4. The van der Waals surface area contributed by atoms with Gasteiger partial charge in [0.25, 0.3) is 5.91 Å². The molecule has 0 bridgehead atoms. The maximum atomic E-state index is 12.2. The lowest BCUT2D eigenvalue weighted by Crippen LogP contribution is -2.35. The van der Waals surface area contributed by atoms with Crippen LogP contribution >= 0.6 is 11.8 Å². The lowest BCUT2D eigenvalue weighted by Gasteiger charge is -2.20. The first-order valence-corrected chi connectivity index (χ1v) is 9.13. The predicted molar refractivity (Wildman–Crippen MR) is 91.1 cm³/mol. The number of nitrogens with zero attached hydrogens (tertiary/aromatic N) is 1. The number of carbonyl (C=O) groups excluding carboxylic acids is 3. The summed E-state index contributed by atoms with van der Waals surface area (Å²) < 4.78 is 5.15. The summed E-state index contributed by atoms with van der Waals surface area (Å²) in [5, 5.41) is 2.74. The highest BCUT2D eigenvalue weighted by molar-refractivity contribution is 8.00. The van der Waals surface area contributed by atoms with Crippen molar-refractivity contribution in [2.24, 2.45) is 0 Å². The molecule has 1 saturated heterocycles. The van der Waals surface area contributed by atoms with Gasteiger partial charge in [0.05, 0.1) is 17.0 Å². The first kappa shape index (κ1) is 16.8. The summed E-state index contributed by atoms with van der Waals surface area (Å²) in [6.45, 7) is 1.23. The Morgan fingerprint density at radius 1 is 1.17 bits per heavy atom. The van der Waals surface area contributed by atoms with Crippen molar-refractivity contribution >= 4 is 35.2 Å². The van der Waals surface area contributed by atoms with E-state index in [1.165, 1.54) is 11.8 Å². The molecule has 1 fully saturated rings. The number of thioether (sulfide) groups is 1. The Balaban J connectivity index is 1.57. The van der Waals surface area contributed by atoms with Crippen LogP contribution in [0.4, 0.5) is 5.69 Å². The summed E-state index contributed by atoms with van der Waals surface area (Å²) in [5.74, 6) is -0.409. The van der Waals surface area contributed by atoms with E-state index in [9.17, 15) is 14.4 Å². The van der Waals surface area contributed by atoms with Crippen LogP contribution in [0.1, 0.15) is 36.0 Å². The minimum Gasteiger partial charge on any atom is -0.452 e. The molecule has 1 aromatic carbocycles. The molecule has 1 aromatic rings. The number of ether oxygens (including phenoxy) is 1. The number of esters is 1. The number of amides is 2. The Morgan fingerprint density at radius 2 is 1.92 bits per heavy atom. The molecular weight excluding hydrogens is 328 g/mol. The molecular formula is C17H20N2O4S. The van der Waals surface area contributed by atoms with E-state index in [-0.39, 0.29) is 18.4 Å². The largest absolute Gasteiger partial charge is 0.452 e. The zero-order valence-corrected chi connectivity index (χ0v) is 14.2. The van der Waals surface area contributed by atoms with E-state index in [0.717, 1.165) is 43.7 Å². The smallest absolute Gasteiger partial charge is 0.338 e. The van der Waals surface area contributed by atoms with Crippen LogP contribution in [-0.2, 0) is 14.3 Å². The molecule has 24 heavy (non-hydrogen) atoms. The molecule has 2 amide bonds. The first-order valence-electron chi connectivity index (χ1n) is 8.15. The van der Waals surface area contributed by atoms with E-state index in [1.807, 2.05) is 0 Å². The Labute approximate surface area is 144 Å². The zero-order chi connectivity index (χ0) is 16.9. The fourth-order valence-corrected chi connectivity index (χ4v) is 3.62. The van der Waals surface area contributed by atoms with E-state index in [2.05, 4.69) is 5.32 Å². The maximum absolute atomic E-state index is 12.2. The van der Waals surface area contributed by atoms with Crippen LogP contribution in [0.3, 0.4) is 0 Å². The van der Waals surface area contributed by atoms with E-state index >= 15 is 0 Å². The average Bonchev–Trinajstić information content (AvgIpc) is 2.88. The quantitative estimate of drug-likeness (QED) is 0.848. The topological polar surface area (TPSA) is 75.7 Å². The SMILES string of the molecule is O=C1CSc2ccc(C(=O)OCC(=O)N3CCCCCC3)cc2N1. The Morgan fingerprint density at radius 3 is 2.67 bits per heavy atom. The van der Waals surface area contributed by atoms with E-state index in [1.54, 1.807) is 23.1 Å². The fraction of sp³-hybridized carbons (Fsp3) is 0.471. The normalized spacial score (nSPS) is 17.5. The van der Waals surface area contributed by atoms with Gasteiger partial charge in [-0.15, -0.1) is 11.8 Å². The lowest BCUT2D eigenvalue weighted by atomic mass is 10.2. The number of hydrogen-bond acceptors (Lipinski definition) is 5. The van der Waals surface area contributed by atoms with Crippen LogP contribution in [0.15, 0.2) is 23.1 Å². The molecule has 1 N–H and O–H groups in total. The van der Waals surface area contributed by atoms with Crippen LogP contribution in [0.2, 0.25) is 0 Å². The fourth-order valence-electron chi connectivity index (χ4n) is 2.83. The first-order chi connectivity index (χ1) is 11.6. The van der Waals surface area contributed by atoms with Crippen molar-refractivity contribution in [3.63, 3.8) is 0 Å². The van der Waals surface area contributed by atoms with Crippen LogP contribution in [0.25, 0.3) is 0 Å². The van der Waals surface area contributed by atoms with Gasteiger partial charge >= 0.3 is 5.97 Å². The lowest BCUT2D eigenvalue weighted by molar-refractivity contribution is -0.134. The molecule has 0 saturated carbocycles. The van der Waals surface area contributed by atoms with Gasteiger partial charge in [0, 0.05) is 18.0 Å². The molecule has 128 valence electrons. The third-order valence-corrected chi connectivity index (χ3v) is 5.21. The highest BCUT2D eigenvalue weighted by atomic mass is 32.2. The summed E-state index contributed by atoms with van der Waals surface area (Å²) in [6, 6.07) is 5.03. The van der Waals surface area contributed by atoms with Gasteiger partial charge in [0.15, 0.2) is 6.61 Å². The predicted octanol–water partition coefficient (Wildman–Crippen LogP) is 2.29. The molecule has 0 atom stereocenters. The minimum absolute atomic E-state index is 0.0886. The molecule has 0 radical (unpaired) electrons. The number of fused-ring (bicyclic) bond motifs is 1. The molecule has 6 nitrogen and oxygen atoms in total. The third-order valence-electron chi connectivity index (χ3n) is 4.13. The number of carbonyl (C=O) groups is 3. The molecule has 3 rings (SSSR count). The van der Waals surface area contributed by atoms with Gasteiger partial charge in [-0.3, -0.25) is 9.59 Å². The summed E-state index contributed by atoms with van der Waals surface area (Å²) in [5.41, 5.74) is 0.949. The summed E-state index contributed by atoms with van der Waals surface area (Å²) in [6.07, 6.45) is 4.29. The summed E-state index contributed by atoms with van der Waals surface area (Å²) >= 11 is 1.43. The van der Waals surface area contributed by atoms with Crippen molar-refractivity contribution in [3.05, 3.63) is 23.8 Å². The van der Waals surface area contributed by atoms with Gasteiger partial charge in [-0.25, -0.2) is 4.79 Å². The number of rotatable bonds is 3. The second kappa shape index (κ2) is 7.70. The number of likely N-dealkylation sites (tertiary alicyclic amines) is 1. The van der Waals surface area contributed by atoms with Gasteiger partial charge in [-0.05, 0) is 31.0 Å². The molecule has 0 unspecified atom stereocenters. The molecule has 2 aliphatic heterocycles. The number of nitrogens with one attached hydrogen (secondary N) is 1. The molecule has 0 aliphatic carbocycles. The number of hydrogen-bond donors (Lipinski definition) is 1. The van der Waals surface area contributed by atoms with E-state index in [0.29, 0.717) is 17.0 Å². The maximum Gasteiger partial charge on any atom is 0.338 e. The number of anilines is 1. The molecule has 2 heterocycles. The van der Waals surface area contributed by atoms with Crippen molar-refractivity contribution in [2.45, 2.75) is 30.6 Å². The second-order valence-electron chi connectivity index (χ2n) is 5.92. The highest BCUT2D eigenvalue weighted by Crippen LogP contribution is 2.32. The third kappa shape index (κ3) is 4.08. The number of benzene rings is 1. The highest BCUT2D eigenvalue weighted by Gasteiger charge is 2.20. The Hall–Kier alpha value is -2.02. The molecule has 0 spiro atoms. The van der Waals surface area contributed by atoms with Crippen molar-refractivity contribution in [3.8, 4) is 0 Å². The summed E-state index contributed by atoms with van der Waals surface area (Å²) in [7, 11) is 0. The second-order valence-corrected chi connectivity index (χ2v) is 6.94. The standard InChI is InChI=1S/C17H20N2O4S/c20-15-11-24-14-6-5-12(9-13(14)18-15)17(22)23-10-16(21)19-7-3-1-2-4-8-19/h5-6,9H,1-4,7-8,10-11H2,(H,18,20). The summed E-state index contributed by atoms with van der Waals surface area (Å²) in [4.78, 5) is 38.4. The van der Waals surface area contributed by atoms with E-state index in [4.69, 9.17) is 4.74 Å². The molecule has 2 aliphatic rings. The molecule has 7 heteroatoms. The van der Waals surface area contributed by atoms with E-state index < -0.39 is 5.97 Å². The van der Waals surface area contributed by atoms with Gasteiger partial charge < -0.3 is 15.0 Å². The Kier molecular flexibility index (Phi) is 5.40. The van der Waals surface area contributed by atoms with Crippen LogP contribution < -0.4 is 5.32 Å². The van der Waals surface area contributed by atoms with Crippen molar-refractivity contribution in [2.75, 3.05) is 30.8 Å². The van der Waals surface area contributed by atoms with Gasteiger partial charge in [-0.1, -0.05) is 12.8 Å². The average molecular weight is 348 g/mol. The van der Waals surface area contributed by atoms with Gasteiger partial charge in [0.1, 0.15) is 0 Å². The van der Waals surface area contributed by atoms with Crippen LogP contribution in [0, 0.1) is 0 Å². The monoisotopic (exact) mass is 348 g/mol. The minimum atomic E-state index is -0.550. The van der Waals surface area contributed by atoms with Crippen LogP contribution in [-0.4, -0.2) is 48.1 Å². The Bertz CT molecular complexity index is 654. The van der Waals surface area contributed by atoms with Crippen molar-refractivity contribution in [1.29, 1.82) is 0 Å².